The highest BCUT2D eigenvalue weighted by Gasteiger charge is 2.52. The molecule has 0 aromatic heterocycles. The molecule has 1 unspecified atom stereocenters. The van der Waals surface area contributed by atoms with Crippen LogP contribution in [0.15, 0.2) is 48.0 Å². The number of hydrogen-bond donors (Lipinski definition) is 1. The second-order valence-corrected chi connectivity index (χ2v) is 9.01. The molecule has 2 aromatic rings. The Morgan fingerprint density at radius 1 is 1.08 bits per heavy atom. The summed E-state index contributed by atoms with van der Waals surface area (Å²) in [6.07, 6.45) is 4.63. The predicted molar refractivity (Wildman–Crippen MR) is 108 cm³/mol. The molecule has 2 aromatic carbocycles. The first-order valence-electron chi connectivity index (χ1n) is 9.76. The quantitative estimate of drug-likeness (QED) is 0.660. The lowest BCUT2D eigenvalue weighted by molar-refractivity contribution is 0.0603. The number of ether oxygens (including phenoxy) is 1. The van der Waals surface area contributed by atoms with Crippen LogP contribution in [-0.4, -0.2) is 11.6 Å². The summed E-state index contributed by atoms with van der Waals surface area (Å²) in [6, 6.07) is 15.6. The van der Waals surface area contributed by atoms with Crippen molar-refractivity contribution in [2.24, 2.45) is 5.92 Å². The van der Waals surface area contributed by atoms with Gasteiger partial charge in [-0.3, -0.25) is 0 Å². The summed E-state index contributed by atoms with van der Waals surface area (Å²) in [5, 5.41) is 3.89. The van der Waals surface area contributed by atoms with E-state index in [0.717, 1.165) is 12.2 Å². The van der Waals surface area contributed by atoms with Crippen molar-refractivity contribution in [2.75, 3.05) is 5.32 Å². The van der Waals surface area contributed by atoms with E-state index in [1.807, 2.05) is 0 Å². The summed E-state index contributed by atoms with van der Waals surface area (Å²) >= 11 is 0. The van der Waals surface area contributed by atoms with Crippen LogP contribution < -0.4 is 10.1 Å². The van der Waals surface area contributed by atoms with Crippen LogP contribution in [0, 0.1) is 12.8 Å². The van der Waals surface area contributed by atoms with E-state index < -0.39 is 0 Å². The van der Waals surface area contributed by atoms with E-state index in [2.05, 4.69) is 81.6 Å². The number of benzene rings is 2. The number of rotatable bonds is 0. The molecule has 26 heavy (non-hydrogen) atoms. The standard InChI is InChI=1S/C24H27NO/c1-15-9-10-20-18(13-15)23(2,3)17-11-12-24(4)19(22(17)25-20)14-16-7-5-6-8-21(16)26-24/h5-10,13-14,17,22,25H,11-12H2,1-4H3/t17-,22+,24?/m0/s1. The summed E-state index contributed by atoms with van der Waals surface area (Å²) in [6.45, 7) is 9.30. The molecule has 1 aliphatic carbocycles. The fraction of sp³-hybridized carbons (Fsp3) is 0.417. The van der Waals surface area contributed by atoms with E-state index in [4.69, 9.17) is 4.74 Å². The van der Waals surface area contributed by atoms with Crippen molar-refractivity contribution >= 4 is 11.8 Å². The summed E-state index contributed by atoms with van der Waals surface area (Å²) in [5.74, 6) is 1.59. The van der Waals surface area contributed by atoms with Gasteiger partial charge in [-0.05, 0) is 67.4 Å². The Kier molecular flexibility index (Phi) is 3.17. The van der Waals surface area contributed by atoms with Gasteiger partial charge in [0, 0.05) is 11.3 Å². The fourth-order valence-corrected chi connectivity index (χ4v) is 5.38. The number of hydrogen-bond acceptors (Lipinski definition) is 2. The van der Waals surface area contributed by atoms with Crippen molar-refractivity contribution in [3.8, 4) is 5.75 Å². The maximum absolute atomic E-state index is 6.54. The number of para-hydroxylation sites is 1. The average Bonchev–Trinajstić information content (AvgIpc) is 2.60. The summed E-state index contributed by atoms with van der Waals surface area (Å²) in [7, 11) is 0. The van der Waals surface area contributed by atoms with Crippen molar-refractivity contribution < 1.29 is 4.74 Å². The molecule has 2 heterocycles. The largest absolute Gasteiger partial charge is 0.483 e. The lowest BCUT2D eigenvalue weighted by atomic mass is 9.58. The highest BCUT2D eigenvalue weighted by atomic mass is 16.5. The lowest BCUT2D eigenvalue weighted by Crippen LogP contribution is -2.57. The minimum atomic E-state index is -0.208. The Bertz CT molecular complexity index is 926. The van der Waals surface area contributed by atoms with Crippen molar-refractivity contribution in [1.82, 2.24) is 0 Å². The summed E-state index contributed by atoms with van der Waals surface area (Å²) in [5.41, 5.74) is 6.64. The maximum atomic E-state index is 6.54. The molecule has 2 nitrogen and oxygen atoms in total. The lowest BCUT2D eigenvalue weighted by Gasteiger charge is -2.55. The zero-order valence-corrected chi connectivity index (χ0v) is 16.1. The number of aryl methyl sites for hydroxylation is 1. The zero-order valence-electron chi connectivity index (χ0n) is 16.1. The SMILES string of the molecule is Cc1ccc2c(c1)C(C)(C)[C@H]1CCC3(C)Oc4ccccc4C=C3[C@@H]1N2. The fourth-order valence-electron chi connectivity index (χ4n) is 5.38. The van der Waals surface area contributed by atoms with E-state index in [0.29, 0.717) is 12.0 Å². The minimum absolute atomic E-state index is 0.149. The molecule has 1 N–H and O–H groups in total. The summed E-state index contributed by atoms with van der Waals surface area (Å²) < 4.78 is 6.54. The minimum Gasteiger partial charge on any atom is -0.483 e. The van der Waals surface area contributed by atoms with Gasteiger partial charge in [0.25, 0.3) is 0 Å². The second-order valence-electron chi connectivity index (χ2n) is 9.01. The average molecular weight is 345 g/mol. The van der Waals surface area contributed by atoms with Crippen LogP contribution in [0.1, 0.15) is 50.3 Å². The predicted octanol–water partition coefficient (Wildman–Crippen LogP) is 5.71. The molecule has 0 radical (unpaired) electrons. The van der Waals surface area contributed by atoms with Gasteiger partial charge in [0.2, 0.25) is 0 Å². The highest BCUT2D eigenvalue weighted by molar-refractivity contribution is 5.70. The van der Waals surface area contributed by atoms with Gasteiger partial charge in [0.15, 0.2) is 0 Å². The first kappa shape index (κ1) is 16.0. The van der Waals surface area contributed by atoms with Crippen LogP contribution in [0.3, 0.4) is 0 Å². The molecule has 0 amide bonds. The summed E-state index contributed by atoms with van der Waals surface area (Å²) in [4.78, 5) is 0. The molecular formula is C24H27NO. The third-order valence-electron chi connectivity index (χ3n) is 6.95. The molecule has 2 aliphatic heterocycles. The van der Waals surface area contributed by atoms with Crippen molar-refractivity contribution in [1.29, 1.82) is 0 Å². The Balaban J connectivity index is 1.66. The first-order valence-corrected chi connectivity index (χ1v) is 9.76. The van der Waals surface area contributed by atoms with E-state index in [-0.39, 0.29) is 11.0 Å². The van der Waals surface area contributed by atoms with Gasteiger partial charge in [-0.1, -0.05) is 49.7 Å². The molecule has 0 saturated heterocycles. The molecule has 3 atom stereocenters. The molecule has 0 bridgehead atoms. The third-order valence-corrected chi connectivity index (χ3v) is 6.95. The maximum Gasteiger partial charge on any atom is 0.130 e. The smallest absolute Gasteiger partial charge is 0.130 e. The third kappa shape index (κ3) is 2.11. The Morgan fingerprint density at radius 3 is 2.73 bits per heavy atom. The Labute approximate surface area is 156 Å². The van der Waals surface area contributed by atoms with Gasteiger partial charge in [-0.2, -0.15) is 0 Å². The van der Waals surface area contributed by atoms with Gasteiger partial charge in [0.05, 0.1) is 6.04 Å². The highest BCUT2D eigenvalue weighted by Crippen LogP contribution is 2.54. The molecule has 1 saturated carbocycles. The zero-order chi connectivity index (χ0) is 18.1. The molecule has 2 heteroatoms. The Hall–Kier alpha value is -2.22. The van der Waals surface area contributed by atoms with Gasteiger partial charge < -0.3 is 10.1 Å². The molecule has 1 fully saturated rings. The normalized spacial score (nSPS) is 30.5. The second kappa shape index (κ2) is 5.16. The first-order chi connectivity index (χ1) is 12.4. The van der Waals surface area contributed by atoms with Crippen LogP contribution >= 0.6 is 0 Å². The Morgan fingerprint density at radius 2 is 1.88 bits per heavy atom. The van der Waals surface area contributed by atoms with Crippen LogP contribution in [0.25, 0.3) is 6.08 Å². The molecule has 5 rings (SSSR count). The van der Waals surface area contributed by atoms with Crippen LogP contribution in [0.4, 0.5) is 5.69 Å². The van der Waals surface area contributed by atoms with Crippen LogP contribution in [0.2, 0.25) is 0 Å². The number of nitrogens with one attached hydrogen (secondary N) is 1. The van der Waals surface area contributed by atoms with Crippen LogP contribution in [-0.2, 0) is 5.41 Å². The van der Waals surface area contributed by atoms with Gasteiger partial charge >= 0.3 is 0 Å². The van der Waals surface area contributed by atoms with Gasteiger partial charge in [-0.25, -0.2) is 0 Å². The van der Waals surface area contributed by atoms with Crippen molar-refractivity contribution in [3.05, 3.63) is 64.7 Å². The molecule has 0 spiro atoms. The van der Waals surface area contributed by atoms with E-state index >= 15 is 0 Å². The van der Waals surface area contributed by atoms with E-state index in [1.165, 1.54) is 34.4 Å². The van der Waals surface area contributed by atoms with Gasteiger partial charge in [0.1, 0.15) is 11.4 Å². The van der Waals surface area contributed by atoms with Gasteiger partial charge in [-0.15, -0.1) is 0 Å². The number of fused-ring (bicyclic) bond motifs is 5. The van der Waals surface area contributed by atoms with E-state index in [9.17, 15) is 0 Å². The molecule has 3 aliphatic rings. The van der Waals surface area contributed by atoms with E-state index in [1.54, 1.807) is 0 Å². The molecule has 134 valence electrons. The number of anilines is 1. The topological polar surface area (TPSA) is 21.3 Å². The van der Waals surface area contributed by atoms with Crippen molar-refractivity contribution in [3.63, 3.8) is 0 Å². The van der Waals surface area contributed by atoms with Crippen molar-refractivity contribution in [2.45, 2.75) is 57.6 Å². The molecular weight excluding hydrogens is 318 g/mol. The van der Waals surface area contributed by atoms with Crippen LogP contribution in [0.5, 0.6) is 5.75 Å². The monoisotopic (exact) mass is 345 g/mol.